The van der Waals surface area contributed by atoms with Crippen LogP contribution in [-0.4, -0.2) is 9.78 Å². The first kappa shape index (κ1) is 11.9. The minimum absolute atomic E-state index is 0.362. The smallest absolute Gasteiger partial charge is 0.0534 e. The summed E-state index contributed by atoms with van der Waals surface area (Å²) in [6.07, 6.45) is 4.01. The number of nitrogens with one attached hydrogen (secondary N) is 1. The second-order valence-electron chi connectivity index (χ2n) is 4.22. The molecule has 0 spiro atoms. The number of hydrogen-bond donors (Lipinski definition) is 1. The SMILES string of the molecule is CCn1cc(CN[C@@H](C)c2ccccc2)cn1. The van der Waals surface area contributed by atoms with Gasteiger partial charge in [0.1, 0.15) is 0 Å². The summed E-state index contributed by atoms with van der Waals surface area (Å²) >= 11 is 0. The van der Waals surface area contributed by atoms with E-state index in [4.69, 9.17) is 0 Å². The van der Waals surface area contributed by atoms with Gasteiger partial charge in [-0.3, -0.25) is 4.68 Å². The van der Waals surface area contributed by atoms with Crippen molar-refractivity contribution < 1.29 is 0 Å². The van der Waals surface area contributed by atoms with Gasteiger partial charge in [0.25, 0.3) is 0 Å². The zero-order valence-corrected chi connectivity index (χ0v) is 10.4. The number of rotatable bonds is 5. The molecule has 1 atom stereocenters. The lowest BCUT2D eigenvalue weighted by molar-refractivity contribution is 0.574. The number of hydrogen-bond acceptors (Lipinski definition) is 2. The molecule has 17 heavy (non-hydrogen) atoms. The Labute approximate surface area is 102 Å². The van der Waals surface area contributed by atoms with Crippen LogP contribution in [0.3, 0.4) is 0 Å². The van der Waals surface area contributed by atoms with Crippen molar-refractivity contribution in [1.82, 2.24) is 15.1 Å². The molecule has 3 heteroatoms. The van der Waals surface area contributed by atoms with Gasteiger partial charge in [-0.25, -0.2) is 0 Å². The predicted octanol–water partition coefficient (Wildman–Crippen LogP) is 2.75. The van der Waals surface area contributed by atoms with Crippen molar-refractivity contribution in [3.05, 3.63) is 53.9 Å². The first-order chi connectivity index (χ1) is 8.29. The summed E-state index contributed by atoms with van der Waals surface area (Å²) in [5.41, 5.74) is 2.55. The van der Waals surface area contributed by atoms with Crippen molar-refractivity contribution in [1.29, 1.82) is 0 Å². The van der Waals surface area contributed by atoms with Crippen LogP contribution in [0, 0.1) is 0 Å². The Morgan fingerprint density at radius 2 is 2.06 bits per heavy atom. The van der Waals surface area contributed by atoms with Gasteiger partial charge in [0.2, 0.25) is 0 Å². The monoisotopic (exact) mass is 229 g/mol. The lowest BCUT2D eigenvalue weighted by Crippen LogP contribution is -2.17. The number of nitrogens with zero attached hydrogens (tertiary/aromatic N) is 2. The summed E-state index contributed by atoms with van der Waals surface area (Å²) in [4.78, 5) is 0. The van der Waals surface area contributed by atoms with Crippen LogP contribution >= 0.6 is 0 Å². The van der Waals surface area contributed by atoms with Crippen molar-refractivity contribution in [2.24, 2.45) is 0 Å². The fraction of sp³-hybridized carbons (Fsp3) is 0.357. The molecule has 3 nitrogen and oxygen atoms in total. The number of aryl methyl sites for hydroxylation is 1. The average molecular weight is 229 g/mol. The third kappa shape index (κ3) is 3.17. The maximum Gasteiger partial charge on any atom is 0.0534 e. The maximum absolute atomic E-state index is 4.26. The zero-order valence-electron chi connectivity index (χ0n) is 10.4. The van der Waals surface area contributed by atoms with Crippen LogP contribution in [0.4, 0.5) is 0 Å². The van der Waals surface area contributed by atoms with E-state index in [1.807, 2.05) is 16.9 Å². The second-order valence-corrected chi connectivity index (χ2v) is 4.22. The molecule has 2 aromatic rings. The van der Waals surface area contributed by atoms with Gasteiger partial charge in [-0.2, -0.15) is 5.10 Å². The molecule has 0 aliphatic heterocycles. The van der Waals surface area contributed by atoms with E-state index in [2.05, 4.69) is 54.7 Å². The van der Waals surface area contributed by atoms with Gasteiger partial charge in [0, 0.05) is 30.9 Å². The third-order valence-corrected chi connectivity index (χ3v) is 2.92. The highest BCUT2D eigenvalue weighted by Crippen LogP contribution is 2.11. The lowest BCUT2D eigenvalue weighted by atomic mass is 10.1. The maximum atomic E-state index is 4.26. The molecule has 0 amide bonds. The van der Waals surface area contributed by atoms with Gasteiger partial charge in [-0.15, -0.1) is 0 Å². The van der Waals surface area contributed by atoms with Crippen molar-refractivity contribution in [3.63, 3.8) is 0 Å². The van der Waals surface area contributed by atoms with Crippen LogP contribution in [0.1, 0.15) is 31.0 Å². The van der Waals surface area contributed by atoms with Crippen LogP contribution in [0.2, 0.25) is 0 Å². The summed E-state index contributed by atoms with van der Waals surface area (Å²) in [5, 5.41) is 7.76. The van der Waals surface area contributed by atoms with Crippen molar-refractivity contribution in [2.45, 2.75) is 33.0 Å². The summed E-state index contributed by atoms with van der Waals surface area (Å²) in [5.74, 6) is 0. The van der Waals surface area contributed by atoms with Gasteiger partial charge < -0.3 is 5.32 Å². The molecule has 0 aliphatic carbocycles. The topological polar surface area (TPSA) is 29.9 Å². The quantitative estimate of drug-likeness (QED) is 0.854. The van der Waals surface area contributed by atoms with Gasteiger partial charge in [-0.1, -0.05) is 30.3 Å². The number of aromatic nitrogens is 2. The summed E-state index contributed by atoms with van der Waals surface area (Å²) in [6, 6.07) is 10.8. The van der Waals surface area contributed by atoms with E-state index in [-0.39, 0.29) is 0 Å². The van der Waals surface area contributed by atoms with E-state index < -0.39 is 0 Å². The van der Waals surface area contributed by atoms with Gasteiger partial charge in [0.05, 0.1) is 6.20 Å². The van der Waals surface area contributed by atoms with E-state index in [0.29, 0.717) is 6.04 Å². The van der Waals surface area contributed by atoms with Crippen LogP contribution in [0.5, 0.6) is 0 Å². The predicted molar refractivity (Wildman–Crippen MR) is 69.6 cm³/mol. The Hall–Kier alpha value is -1.61. The molecule has 1 aromatic carbocycles. The van der Waals surface area contributed by atoms with E-state index in [1.54, 1.807) is 0 Å². The molecule has 0 saturated carbocycles. The number of benzene rings is 1. The standard InChI is InChI=1S/C14H19N3/c1-3-17-11-13(10-16-17)9-15-12(2)14-7-5-4-6-8-14/h4-8,10-12,15H,3,9H2,1-2H3/t12-/m0/s1. The molecule has 0 bridgehead atoms. The van der Waals surface area contributed by atoms with E-state index >= 15 is 0 Å². The molecular formula is C14H19N3. The highest BCUT2D eigenvalue weighted by molar-refractivity contribution is 5.18. The Kier molecular flexibility index (Phi) is 3.94. The van der Waals surface area contributed by atoms with Crippen LogP contribution in [0.25, 0.3) is 0 Å². The van der Waals surface area contributed by atoms with Crippen LogP contribution in [-0.2, 0) is 13.1 Å². The van der Waals surface area contributed by atoms with Crippen molar-refractivity contribution >= 4 is 0 Å². The Morgan fingerprint density at radius 1 is 1.29 bits per heavy atom. The van der Waals surface area contributed by atoms with Crippen LogP contribution in [0.15, 0.2) is 42.7 Å². The molecule has 0 fully saturated rings. The highest BCUT2D eigenvalue weighted by Gasteiger charge is 2.04. The fourth-order valence-electron chi connectivity index (χ4n) is 1.80. The summed E-state index contributed by atoms with van der Waals surface area (Å²) in [6.45, 7) is 6.06. The molecule has 2 rings (SSSR count). The van der Waals surface area contributed by atoms with Gasteiger partial charge in [-0.05, 0) is 19.4 Å². The molecule has 1 heterocycles. The minimum Gasteiger partial charge on any atom is -0.306 e. The second kappa shape index (κ2) is 5.64. The molecule has 0 aliphatic rings. The van der Waals surface area contributed by atoms with Crippen LogP contribution < -0.4 is 5.32 Å². The average Bonchev–Trinajstić information content (AvgIpc) is 2.85. The third-order valence-electron chi connectivity index (χ3n) is 2.92. The Bertz CT molecular complexity index is 448. The molecule has 0 radical (unpaired) electrons. The van der Waals surface area contributed by atoms with Gasteiger partial charge >= 0.3 is 0 Å². The minimum atomic E-state index is 0.362. The van der Waals surface area contributed by atoms with Gasteiger partial charge in [0.15, 0.2) is 0 Å². The molecule has 1 aromatic heterocycles. The molecular weight excluding hydrogens is 210 g/mol. The molecule has 0 unspecified atom stereocenters. The molecule has 1 N–H and O–H groups in total. The normalized spacial score (nSPS) is 12.6. The first-order valence-electron chi connectivity index (χ1n) is 6.09. The highest BCUT2D eigenvalue weighted by atomic mass is 15.3. The lowest BCUT2D eigenvalue weighted by Gasteiger charge is -2.13. The first-order valence-corrected chi connectivity index (χ1v) is 6.09. The van der Waals surface area contributed by atoms with Crippen molar-refractivity contribution in [3.8, 4) is 0 Å². The summed E-state index contributed by atoms with van der Waals surface area (Å²) < 4.78 is 1.95. The van der Waals surface area contributed by atoms with E-state index in [1.165, 1.54) is 11.1 Å². The van der Waals surface area contributed by atoms with E-state index in [0.717, 1.165) is 13.1 Å². The molecule has 90 valence electrons. The van der Waals surface area contributed by atoms with Crippen molar-refractivity contribution in [2.75, 3.05) is 0 Å². The van der Waals surface area contributed by atoms with E-state index in [9.17, 15) is 0 Å². The molecule has 0 saturated heterocycles. The fourth-order valence-corrected chi connectivity index (χ4v) is 1.80. The Morgan fingerprint density at radius 3 is 2.71 bits per heavy atom. The largest absolute Gasteiger partial charge is 0.306 e. The summed E-state index contributed by atoms with van der Waals surface area (Å²) in [7, 11) is 0. The Balaban J connectivity index is 1.90. The zero-order chi connectivity index (χ0) is 12.1.